The van der Waals surface area contributed by atoms with E-state index in [1.165, 1.54) is 7.11 Å². The van der Waals surface area contributed by atoms with E-state index < -0.39 is 18.0 Å². The number of rotatable bonds is 4. The number of halogens is 3. The lowest BCUT2D eigenvalue weighted by atomic mass is 9.78. The summed E-state index contributed by atoms with van der Waals surface area (Å²) in [6, 6.07) is 13.5. The summed E-state index contributed by atoms with van der Waals surface area (Å²) in [6.07, 6.45) is -4.03. The first-order valence-corrected chi connectivity index (χ1v) is 10.6. The monoisotopic (exact) mass is 470 g/mol. The largest absolute Gasteiger partial charge is 0.497 e. The average molecular weight is 470 g/mol. The van der Waals surface area contributed by atoms with Crippen LogP contribution >= 0.6 is 0 Å². The van der Waals surface area contributed by atoms with Gasteiger partial charge in [-0.25, -0.2) is 4.68 Å². The van der Waals surface area contributed by atoms with Crippen LogP contribution in [0.15, 0.2) is 59.8 Å². The molecule has 176 valence electrons. The number of aromatic nitrogens is 3. The summed E-state index contributed by atoms with van der Waals surface area (Å²) in [5.74, 6) is -0.282. The van der Waals surface area contributed by atoms with E-state index in [1.807, 2.05) is 24.3 Å². The van der Waals surface area contributed by atoms with Crippen LogP contribution in [0.4, 0.5) is 19.1 Å². The molecule has 0 saturated carbocycles. The maximum atomic E-state index is 13.4. The molecule has 2 aliphatic rings. The molecule has 10 heteroatoms. The van der Waals surface area contributed by atoms with Gasteiger partial charge in [0.15, 0.2) is 5.78 Å². The Bertz CT molecular complexity index is 1260. The number of hydrogen-bond acceptors (Lipinski definition) is 6. The minimum atomic E-state index is -4.72. The van der Waals surface area contributed by atoms with Crippen LogP contribution in [0.25, 0.3) is 0 Å². The highest BCUT2D eigenvalue weighted by molar-refractivity contribution is 6.00. The van der Waals surface area contributed by atoms with Gasteiger partial charge in [-0.15, -0.1) is 5.10 Å². The van der Waals surface area contributed by atoms with E-state index in [4.69, 9.17) is 9.47 Å². The number of hydrogen-bond donors (Lipinski definition) is 1. The first kappa shape index (κ1) is 22.0. The molecular formula is C24H21F3N4O3. The van der Waals surface area contributed by atoms with Gasteiger partial charge < -0.3 is 14.8 Å². The number of carbonyl (C=O) groups is 1. The van der Waals surface area contributed by atoms with E-state index in [9.17, 15) is 18.0 Å². The third-order valence-corrected chi connectivity index (χ3v) is 6.19. The minimum Gasteiger partial charge on any atom is -0.497 e. The number of nitrogens with one attached hydrogen (secondary N) is 1. The maximum Gasteiger partial charge on any atom is 0.453 e. The first-order valence-electron chi connectivity index (χ1n) is 10.6. The normalized spacial score (nSPS) is 19.9. The molecule has 2 aromatic carbocycles. The second-order valence-corrected chi connectivity index (χ2v) is 8.20. The molecule has 1 aliphatic heterocycles. The summed E-state index contributed by atoms with van der Waals surface area (Å²) in [5.41, 5.74) is 2.53. The molecule has 0 spiro atoms. The standard InChI is InChI=1S/C24H21F3N4O3/c1-33-16-7-3-13(4-8-16)15-11-18-20(19(32)12-15)21(14-5-9-17(34-2)10-6-14)31-23(28-18)29-22(30-31)24(25,26)27/h3-10,15,21H,11-12H2,1-2H3,(H,28,29,30)/t15-,21+/m1/s1. The molecule has 2 heterocycles. The number of alkyl halides is 3. The van der Waals surface area contributed by atoms with Crippen LogP contribution in [0.2, 0.25) is 0 Å². The molecule has 2 atom stereocenters. The van der Waals surface area contributed by atoms with Gasteiger partial charge in [0.25, 0.3) is 5.82 Å². The van der Waals surface area contributed by atoms with Gasteiger partial charge in [-0.05, 0) is 47.7 Å². The number of anilines is 1. The summed E-state index contributed by atoms with van der Waals surface area (Å²) in [4.78, 5) is 17.1. The lowest BCUT2D eigenvalue weighted by Crippen LogP contribution is -2.33. The van der Waals surface area contributed by atoms with E-state index in [0.29, 0.717) is 34.8 Å². The van der Waals surface area contributed by atoms with Gasteiger partial charge in [0, 0.05) is 17.7 Å². The fourth-order valence-electron chi connectivity index (χ4n) is 4.54. The molecule has 0 bridgehead atoms. The molecule has 1 N–H and O–H groups in total. The van der Waals surface area contributed by atoms with Crippen LogP contribution in [0.1, 0.15) is 41.8 Å². The number of carbonyl (C=O) groups excluding carboxylic acids is 1. The lowest BCUT2D eigenvalue weighted by Gasteiger charge is -2.35. The molecule has 0 amide bonds. The van der Waals surface area contributed by atoms with Crippen molar-refractivity contribution in [2.45, 2.75) is 31.0 Å². The van der Waals surface area contributed by atoms with E-state index in [0.717, 1.165) is 10.2 Å². The average Bonchev–Trinajstić information content (AvgIpc) is 3.27. The zero-order chi connectivity index (χ0) is 24.0. The van der Waals surface area contributed by atoms with Crippen molar-refractivity contribution in [3.05, 3.63) is 76.8 Å². The number of ketones is 1. The van der Waals surface area contributed by atoms with Crippen molar-refractivity contribution < 1.29 is 27.4 Å². The molecule has 3 aromatic rings. The van der Waals surface area contributed by atoms with Gasteiger partial charge in [0.1, 0.15) is 17.5 Å². The van der Waals surface area contributed by atoms with Crippen molar-refractivity contribution in [3.8, 4) is 11.5 Å². The number of allylic oxidation sites excluding steroid dienone is 2. The first-order chi connectivity index (χ1) is 16.3. The summed E-state index contributed by atoms with van der Waals surface area (Å²) in [7, 11) is 3.10. The number of fused-ring (bicyclic) bond motifs is 1. The zero-order valence-electron chi connectivity index (χ0n) is 18.4. The third kappa shape index (κ3) is 3.78. The molecule has 0 unspecified atom stereocenters. The van der Waals surface area contributed by atoms with E-state index in [1.54, 1.807) is 31.4 Å². The Morgan fingerprint density at radius 2 is 1.53 bits per heavy atom. The predicted molar refractivity (Wildman–Crippen MR) is 117 cm³/mol. The van der Waals surface area contributed by atoms with Crippen LogP contribution < -0.4 is 14.8 Å². The molecule has 1 aromatic heterocycles. The van der Waals surface area contributed by atoms with Gasteiger partial charge in [-0.1, -0.05) is 24.3 Å². The molecule has 7 nitrogen and oxygen atoms in total. The van der Waals surface area contributed by atoms with Crippen LogP contribution in [0.3, 0.4) is 0 Å². The highest BCUT2D eigenvalue weighted by atomic mass is 19.4. The lowest BCUT2D eigenvalue weighted by molar-refractivity contribution is -0.145. The number of benzene rings is 2. The summed E-state index contributed by atoms with van der Waals surface area (Å²) in [6.45, 7) is 0. The SMILES string of the molecule is COc1ccc([C@H]2CC(=O)C3=C(C2)Nc2nc(C(F)(F)F)nn2[C@H]3c2ccc(OC)cc2)cc1. The van der Waals surface area contributed by atoms with Crippen LogP contribution in [-0.4, -0.2) is 34.8 Å². The van der Waals surface area contributed by atoms with Crippen molar-refractivity contribution in [3.63, 3.8) is 0 Å². The Morgan fingerprint density at radius 1 is 0.941 bits per heavy atom. The molecular weight excluding hydrogens is 449 g/mol. The summed E-state index contributed by atoms with van der Waals surface area (Å²) in [5, 5.41) is 6.70. The third-order valence-electron chi connectivity index (χ3n) is 6.19. The zero-order valence-corrected chi connectivity index (χ0v) is 18.4. The Labute approximate surface area is 193 Å². The molecule has 5 rings (SSSR count). The summed E-state index contributed by atoms with van der Waals surface area (Å²) >= 11 is 0. The number of nitrogens with zero attached hydrogens (tertiary/aromatic N) is 3. The second-order valence-electron chi connectivity index (χ2n) is 8.20. The maximum absolute atomic E-state index is 13.4. The van der Waals surface area contributed by atoms with Crippen molar-refractivity contribution in [2.75, 3.05) is 19.5 Å². The predicted octanol–water partition coefficient (Wildman–Crippen LogP) is 4.73. The van der Waals surface area contributed by atoms with Crippen molar-refractivity contribution in [1.29, 1.82) is 0 Å². The van der Waals surface area contributed by atoms with Gasteiger partial charge in [0.2, 0.25) is 5.95 Å². The van der Waals surface area contributed by atoms with E-state index in [2.05, 4.69) is 15.4 Å². The van der Waals surface area contributed by atoms with E-state index in [-0.39, 0.29) is 24.1 Å². The van der Waals surface area contributed by atoms with Gasteiger partial charge >= 0.3 is 6.18 Å². The quantitative estimate of drug-likeness (QED) is 0.594. The van der Waals surface area contributed by atoms with E-state index >= 15 is 0 Å². The van der Waals surface area contributed by atoms with Crippen molar-refractivity contribution in [2.24, 2.45) is 0 Å². The van der Waals surface area contributed by atoms with Crippen molar-refractivity contribution in [1.82, 2.24) is 14.8 Å². The number of ether oxygens (including phenoxy) is 2. The molecule has 1 aliphatic carbocycles. The number of methoxy groups -OCH3 is 2. The molecule has 0 saturated heterocycles. The Kier molecular flexibility index (Phi) is 5.30. The van der Waals surface area contributed by atoms with Crippen molar-refractivity contribution >= 4 is 11.7 Å². The molecule has 34 heavy (non-hydrogen) atoms. The Morgan fingerprint density at radius 3 is 2.09 bits per heavy atom. The smallest absolute Gasteiger partial charge is 0.453 e. The molecule has 0 fully saturated rings. The topological polar surface area (TPSA) is 78.3 Å². The highest BCUT2D eigenvalue weighted by Gasteiger charge is 2.43. The fourth-order valence-corrected chi connectivity index (χ4v) is 4.54. The summed E-state index contributed by atoms with van der Waals surface area (Å²) < 4.78 is 51.8. The van der Waals surface area contributed by atoms with Gasteiger partial charge in [0.05, 0.1) is 14.2 Å². The van der Waals surface area contributed by atoms with Gasteiger partial charge in [-0.2, -0.15) is 18.2 Å². The molecule has 0 radical (unpaired) electrons. The van der Waals surface area contributed by atoms with Crippen LogP contribution in [0, 0.1) is 0 Å². The van der Waals surface area contributed by atoms with Crippen LogP contribution in [-0.2, 0) is 11.0 Å². The Balaban J connectivity index is 1.58. The number of Topliss-reactive ketones (excluding diaryl/α,β-unsaturated/α-hetero) is 1. The fraction of sp³-hybridized carbons (Fsp3) is 0.292. The second kappa shape index (κ2) is 8.19. The minimum absolute atomic E-state index is 0.0462. The van der Waals surface area contributed by atoms with Gasteiger partial charge in [-0.3, -0.25) is 4.79 Å². The highest BCUT2D eigenvalue weighted by Crippen LogP contribution is 2.45. The Hall–Kier alpha value is -3.82. The van der Waals surface area contributed by atoms with Crippen LogP contribution in [0.5, 0.6) is 11.5 Å².